The molecule has 0 amide bonds. The number of halogens is 2. The Bertz CT molecular complexity index is 1220. The van der Waals surface area contributed by atoms with Gasteiger partial charge in [-0.25, -0.2) is 13.8 Å². The molecule has 0 atom stereocenters. The van der Waals surface area contributed by atoms with Crippen molar-refractivity contribution in [1.29, 1.82) is 0 Å². The van der Waals surface area contributed by atoms with E-state index in [4.69, 9.17) is 5.73 Å². The van der Waals surface area contributed by atoms with E-state index in [1.807, 2.05) is 18.2 Å². The van der Waals surface area contributed by atoms with E-state index >= 15 is 0 Å². The number of nitrogens with two attached hydrogens (primary N) is 1. The molecular weight excluding hydrogens is 388 g/mol. The van der Waals surface area contributed by atoms with Gasteiger partial charge < -0.3 is 20.5 Å². The molecule has 0 saturated carbocycles. The molecule has 0 spiro atoms. The van der Waals surface area contributed by atoms with Crippen molar-refractivity contribution in [2.45, 2.75) is 13.1 Å². The Labute approximate surface area is 171 Å². The SMILES string of the molecule is Nc1nc(N2CCN(Cc3ccc(F)c(F)c3)c3ccccc3C2)c2[nH]cnc2n1. The van der Waals surface area contributed by atoms with Gasteiger partial charge in [0.25, 0.3) is 0 Å². The third kappa shape index (κ3) is 3.28. The Kier molecular flexibility index (Phi) is 4.42. The number of rotatable bonds is 3. The molecule has 7 nitrogen and oxygen atoms in total. The number of aromatic amines is 1. The van der Waals surface area contributed by atoms with Crippen LogP contribution in [0, 0.1) is 11.6 Å². The normalized spacial score (nSPS) is 14.1. The van der Waals surface area contributed by atoms with Crippen LogP contribution in [0.2, 0.25) is 0 Å². The Hall–Kier alpha value is -3.75. The van der Waals surface area contributed by atoms with Crippen LogP contribution in [0.25, 0.3) is 11.2 Å². The summed E-state index contributed by atoms with van der Waals surface area (Å²) in [5.74, 6) is -0.818. The van der Waals surface area contributed by atoms with Gasteiger partial charge in [0.2, 0.25) is 5.95 Å². The summed E-state index contributed by atoms with van der Waals surface area (Å²) in [7, 11) is 0. The number of benzene rings is 2. The van der Waals surface area contributed by atoms with Gasteiger partial charge in [-0.3, -0.25) is 0 Å². The van der Waals surface area contributed by atoms with Crippen LogP contribution in [0.3, 0.4) is 0 Å². The van der Waals surface area contributed by atoms with Gasteiger partial charge in [-0.15, -0.1) is 0 Å². The van der Waals surface area contributed by atoms with E-state index in [0.717, 1.165) is 16.8 Å². The van der Waals surface area contributed by atoms with Crippen molar-refractivity contribution in [3.63, 3.8) is 0 Å². The number of para-hydroxylation sites is 1. The van der Waals surface area contributed by atoms with Crippen LogP contribution in [0.5, 0.6) is 0 Å². The number of hydrogen-bond acceptors (Lipinski definition) is 6. The molecule has 152 valence electrons. The highest BCUT2D eigenvalue weighted by molar-refractivity contribution is 5.84. The maximum atomic E-state index is 13.7. The number of nitrogens with zero attached hydrogens (tertiary/aromatic N) is 5. The molecule has 0 bridgehead atoms. The number of anilines is 3. The molecule has 1 aliphatic rings. The van der Waals surface area contributed by atoms with Crippen molar-refractivity contribution in [2.75, 3.05) is 28.6 Å². The zero-order valence-corrected chi connectivity index (χ0v) is 16.0. The molecule has 30 heavy (non-hydrogen) atoms. The second-order valence-electron chi connectivity index (χ2n) is 7.23. The smallest absolute Gasteiger partial charge is 0.224 e. The molecular formula is C21H19F2N7. The lowest BCUT2D eigenvalue weighted by Crippen LogP contribution is -2.32. The first kappa shape index (κ1) is 18.3. The third-order valence-corrected chi connectivity index (χ3v) is 5.27. The van der Waals surface area contributed by atoms with Gasteiger partial charge in [0, 0.05) is 31.9 Å². The number of hydrogen-bond donors (Lipinski definition) is 2. The fraction of sp³-hybridized carbons (Fsp3) is 0.190. The molecule has 0 unspecified atom stereocenters. The van der Waals surface area contributed by atoms with Crippen molar-refractivity contribution in [3.8, 4) is 0 Å². The van der Waals surface area contributed by atoms with E-state index < -0.39 is 11.6 Å². The Morgan fingerprint density at radius 2 is 1.90 bits per heavy atom. The van der Waals surface area contributed by atoms with Gasteiger partial charge in [-0.05, 0) is 29.3 Å². The van der Waals surface area contributed by atoms with Gasteiger partial charge in [0.1, 0.15) is 5.52 Å². The first-order chi connectivity index (χ1) is 14.6. The Morgan fingerprint density at radius 3 is 2.77 bits per heavy atom. The summed E-state index contributed by atoms with van der Waals surface area (Å²) in [6.07, 6.45) is 1.57. The molecule has 0 fully saturated rings. The van der Waals surface area contributed by atoms with Crippen molar-refractivity contribution in [3.05, 3.63) is 71.6 Å². The molecule has 4 aromatic rings. The maximum absolute atomic E-state index is 13.7. The fourth-order valence-corrected chi connectivity index (χ4v) is 3.87. The number of fused-ring (bicyclic) bond motifs is 2. The second-order valence-corrected chi connectivity index (χ2v) is 7.23. The Balaban J connectivity index is 1.50. The average Bonchev–Trinajstić information content (AvgIpc) is 3.13. The number of imidazole rings is 1. The van der Waals surface area contributed by atoms with E-state index in [0.29, 0.717) is 43.2 Å². The fourth-order valence-electron chi connectivity index (χ4n) is 3.87. The summed E-state index contributed by atoms with van der Waals surface area (Å²) in [4.78, 5) is 20.2. The van der Waals surface area contributed by atoms with Crippen LogP contribution in [0.4, 0.5) is 26.2 Å². The molecule has 3 heterocycles. The molecule has 2 aromatic carbocycles. The van der Waals surface area contributed by atoms with Crippen LogP contribution < -0.4 is 15.5 Å². The van der Waals surface area contributed by atoms with Crippen LogP contribution in [-0.4, -0.2) is 33.0 Å². The van der Waals surface area contributed by atoms with E-state index in [9.17, 15) is 8.78 Å². The first-order valence-corrected chi connectivity index (χ1v) is 9.57. The zero-order chi connectivity index (χ0) is 20.7. The average molecular weight is 407 g/mol. The van der Waals surface area contributed by atoms with Crippen molar-refractivity contribution < 1.29 is 8.78 Å². The number of nitrogens with one attached hydrogen (secondary N) is 1. The highest BCUT2D eigenvalue weighted by Crippen LogP contribution is 2.31. The van der Waals surface area contributed by atoms with Gasteiger partial charge in [0.15, 0.2) is 23.1 Å². The quantitative estimate of drug-likeness (QED) is 0.542. The van der Waals surface area contributed by atoms with Gasteiger partial charge >= 0.3 is 0 Å². The van der Waals surface area contributed by atoms with Crippen LogP contribution in [0.1, 0.15) is 11.1 Å². The number of H-pyrrole nitrogens is 1. The van der Waals surface area contributed by atoms with Gasteiger partial charge in [-0.2, -0.15) is 9.97 Å². The summed E-state index contributed by atoms with van der Waals surface area (Å²) in [5, 5.41) is 0. The summed E-state index contributed by atoms with van der Waals surface area (Å²) in [6, 6.07) is 12.1. The topological polar surface area (TPSA) is 87.0 Å². The van der Waals surface area contributed by atoms with E-state index in [2.05, 4.69) is 35.8 Å². The minimum atomic E-state index is -0.842. The van der Waals surface area contributed by atoms with E-state index in [1.165, 1.54) is 12.1 Å². The van der Waals surface area contributed by atoms with Crippen molar-refractivity contribution in [1.82, 2.24) is 19.9 Å². The molecule has 5 rings (SSSR count). The van der Waals surface area contributed by atoms with Crippen molar-refractivity contribution in [2.24, 2.45) is 0 Å². The molecule has 0 radical (unpaired) electrons. The van der Waals surface area contributed by atoms with Crippen LogP contribution in [0.15, 0.2) is 48.8 Å². The maximum Gasteiger partial charge on any atom is 0.224 e. The summed E-state index contributed by atoms with van der Waals surface area (Å²) in [5.41, 5.74) is 10.0. The van der Waals surface area contributed by atoms with Gasteiger partial charge in [0.05, 0.1) is 6.33 Å². The molecule has 2 aromatic heterocycles. The molecule has 9 heteroatoms. The minimum Gasteiger partial charge on any atom is -0.368 e. The second kappa shape index (κ2) is 7.25. The van der Waals surface area contributed by atoms with E-state index in [-0.39, 0.29) is 5.95 Å². The highest BCUT2D eigenvalue weighted by Gasteiger charge is 2.23. The standard InChI is InChI=1S/C21H19F2N7/c22-15-6-5-13(9-16(15)23)10-29-7-8-30(11-14-3-1-2-4-17(14)29)20-18-19(26-12-25-18)27-21(24)28-20/h1-6,9,12H,7-8,10-11H2,(H3,24,25,26,27,28). The lowest BCUT2D eigenvalue weighted by molar-refractivity contribution is 0.507. The molecule has 3 N–H and O–H groups in total. The first-order valence-electron chi connectivity index (χ1n) is 9.57. The van der Waals surface area contributed by atoms with Crippen LogP contribution >= 0.6 is 0 Å². The summed E-state index contributed by atoms with van der Waals surface area (Å²) >= 11 is 0. The predicted octanol–water partition coefficient (Wildman–Crippen LogP) is 3.24. The van der Waals surface area contributed by atoms with E-state index in [1.54, 1.807) is 12.4 Å². The van der Waals surface area contributed by atoms with Crippen LogP contribution in [-0.2, 0) is 13.1 Å². The third-order valence-electron chi connectivity index (χ3n) is 5.27. The minimum absolute atomic E-state index is 0.167. The van der Waals surface area contributed by atoms with Gasteiger partial charge in [-0.1, -0.05) is 24.3 Å². The largest absolute Gasteiger partial charge is 0.368 e. The monoisotopic (exact) mass is 407 g/mol. The summed E-state index contributed by atoms with van der Waals surface area (Å²) < 4.78 is 27.0. The zero-order valence-electron chi connectivity index (χ0n) is 16.0. The molecule has 0 saturated heterocycles. The van der Waals surface area contributed by atoms with Crippen molar-refractivity contribution >= 4 is 28.6 Å². The summed E-state index contributed by atoms with van der Waals surface area (Å²) in [6.45, 7) is 2.40. The lowest BCUT2D eigenvalue weighted by Gasteiger charge is -2.25. The number of aromatic nitrogens is 4. The Morgan fingerprint density at radius 1 is 1.03 bits per heavy atom. The lowest BCUT2D eigenvalue weighted by atomic mass is 10.1. The highest BCUT2D eigenvalue weighted by atomic mass is 19.2. The predicted molar refractivity (Wildman–Crippen MR) is 111 cm³/mol. The molecule has 1 aliphatic heterocycles. The number of nitrogen functional groups attached to an aromatic ring is 1. The molecule has 0 aliphatic carbocycles.